The molecule has 1 aliphatic rings. The van der Waals surface area contributed by atoms with Gasteiger partial charge in [-0.05, 0) is 24.3 Å². The number of nitrogens with zero attached hydrogens (tertiary/aromatic N) is 1. The third-order valence-corrected chi connectivity index (χ3v) is 6.22. The van der Waals surface area contributed by atoms with Crippen molar-refractivity contribution in [2.75, 3.05) is 37.4 Å². The minimum Gasteiger partial charge on any atom is -0.497 e. The first-order valence-electron chi connectivity index (χ1n) is 8.85. The molecule has 10 heteroatoms. The molecule has 2 aromatic rings. The molecule has 0 saturated carbocycles. The molecule has 0 spiro atoms. The van der Waals surface area contributed by atoms with E-state index in [2.05, 4.69) is 10.6 Å². The van der Waals surface area contributed by atoms with E-state index in [0.717, 1.165) is 4.31 Å². The summed E-state index contributed by atoms with van der Waals surface area (Å²) < 4.78 is 37.7. The molecule has 1 heterocycles. The molecule has 0 aromatic heterocycles. The summed E-state index contributed by atoms with van der Waals surface area (Å²) in [5.41, 5.74) is 0.566. The molecule has 0 atom stereocenters. The normalized spacial score (nSPS) is 13.3. The fourth-order valence-corrected chi connectivity index (χ4v) is 4.42. The highest BCUT2D eigenvalue weighted by Crippen LogP contribution is 2.35. The Morgan fingerprint density at radius 1 is 1.28 bits per heavy atom. The monoisotopic (exact) mass is 419 g/mol. The molecule has 0 unspecified atom stereocenters. The van der Waals surface area contributed by atoms with Gasteiger partial charge in [0.25, 0.3) is 5.91 Å². The van der Waals surface area contributed by atoms with Crippen molar-refractivity contribution < 1.29 is 27.5 Å². The Morgan fingerprint density at radius 2 is 2.03 bits per heavy atom. The minimum atomic E-state index is -4.06. The van der Waals surface area contributed by atoms with Gasteiger partial charge in [-0.2, -0.15) is 4.31 Å². The SMILES string of the molecule is CCN(CC(=O)Nc1cccc(OC)c1)S(=O)(=O)c1cccc2c1NC(=O)CO2. The molecule has 0 radical (unpaired) electrons. The largest absolute Gasteiger partial charge is 0.497 e. The highest BCUT2D eigenvalue weighted by atomic mass is 32.2. The number of ether oxygens (including phenoxy) is 2. The van der Waals surface area contributed by atoms with Gasteiger partial charge in [-0.25, -0.2) is 8.42 Å². The number of hydrogen-bond acceptors (Lipinski definition) is 6. The Hall–Kier alpha value is -3.11. The number of likely N-dealkylation sites (N-methyl/N-ethyl adjacent to an activating group) is 1. The van der Waals surface area contributed by atoms with Crippen molar-refractivity contribution in [1.82, 2.24) is 4.31 Å². The van der Waals surface area contributed by atoms with Crippen LogP contribution in [0.4, 0.5) is 11.4 Å². The Kier molecular flexibility index (Phi) is 6.04. The van der Waals surface area contributed by atoms with E-state index in [0.29, 0.717) is 11.4 Å². The van der Waals surface area contributed by atoms with Crippen LogP contribution in [0.2, 0.25) is 0 Å². The van der Waals surface area contributed by atoms with Crippen molar-refractivity contribution >= 4 is 33.2 Å². The number of anilines is 2. The predicted molar refractivity (Wildman–Crippen MR) is 107 cm³/mol. The van der Waals surface area contributed by atoms with Gasteiger partial charge in [-0.3, -0.25) is 9.59 Å². The van der Waals surface area contributed by atoms with Crippen LogP contribution < -0.4 is 20.1 Å². The lowest BCUT2D eigenvalue weighted by Gasteiger charge is -2.24. The van der Waals surface area contributed by atoms with Gasteiger partial charge in [0.1, 0.15) is 22.1 Å². The number of amides is 2. The third kappa shape index (κ3) is 4.49. The lowest BCUT2D eigenvalue weighted by Crippen LogP contribution is -2.38. The van der Waals surface area contributed by atoms with Gasteiger partial charge in [0.2, 0.25) is 15.9 Å². The molecule has 0 saturated heterocycles. The van der Waals surface area contributed by atoms with Crippen molar-refractivity contribution in [3.63, 3.8) is 0 Å². The lowest BCUT2D eigenvalue weighted by atomic mass is 10.2. The predicted octanol–water partition coefficient (Wildman–Crippen LogP) is 1.68. The van der Waals surface area contributed by atoms with Gasteiger partial charge in [-0.1, -0.05) is 19.1 Å². The molecular weight excluding hydrogens is 398 g/mol. The number of nitrogens with one attached hydrogen (secondary N) is 2. The molecular formula is C19H21N3O6S. The minimum absolute atomic E-state index is 0.0618. The Balaban J connectivity index is 1.82. The maximum atomic E-state index is 13.1. The number of carbonyl (C=O) groups is 2. The Bertz CT molecular complexity index is 1040. The van der Waals surface area contributed by atoms with Gasteiger partial charge in [0.05, 0.1) is 13.7 Å². The first-order chi connectivity index (χ1) is 13.8. The number of methoxy groups -OCH3 is 1. The zero-order chi connectivity index (χ0) is 21.0. The van der Waals surface area contributed by atoms with Crippen LogP contribution in [-0.4, -0.2) is 51.3 Å². The van der Waals surface area contributed by atoms with Crippen LogP contribution in [0.1, 0.15) is 6.92 Å². The molecule has 2 amide bonds. The molecule has 2 N–H and O–H groups in total. The van der Waals surface area contributed by atoms with Gasteiger partial charge >= 0.3 is 0 Å². The van der Waals surface area contributed by atoms with Gasteiger partial charge < -0.3 is 20.1 Å². The number of rotatable bonds is 7. The maximum Gasteiger partial charge on any atom is 0.262 e. The van der Waals surface area contributed by atoms with Crippen LogP contribution in [0.3, 0.4) is 0 Å². The molecule has 0 aliphatic carbocycles. The summed E-state index contributed by atoms with van der Waals surface area (Å²) in [6.07, 6.45) is 0. The zero-order valence-corrected chi connectivity index (χ0v) is 16.8. The van der Waals surface area contributed by atoms with Crippen LogP contribution in [-0.2, 0) is 19.6 Å². The van der Waals surface area contributed by atoms with E-state index in [1.807, 2.05) is 0 Å². The van der Waals surface area contributed by atoms with E-state index in [4.69, 9.17) is 9.47 Å². The summed E-state index contributed by atoms with van der Waals surface area (Å²) >= 11 is 0. The average molecular weight is 419 g/mol. The molecule has 154 valence electrons. The van der Waals surface area contributed by atoms with Gasteiger partial charge in [0.15, 0.2) is 6.61 Å². The van der Waals surface area contributed by atoms with Crippen molar-refractivity contribution in [3.8, 4) is 11.5 Å². The second-order valence-corrected chi connectivity index (χ2v) is 8.08. The van der Waals surface area contributed by atoms with Crippen molar-refractivity contribution in [3.05, 3.63) is 42.5 Å². The summed E-state index contributed by atoms with van der Waals surface area (Å²) in [5, 5.41) is 5.19. The maximum absolute atomic E-state index is 13.1. The van der Waals surface area contributed by atoms with Gasteiger partial charge in [-0.15, -0.1) is 0 Å². The highest BCUT2D eigenvalue weighted by Gasteiger charge is 2.31. The van der Waals surface area contributed by atoms with Gasteiger partial charge in [0, 0.05) is 18.3 Å². The third-order valence-electron chi connectivity index (χ3n) is 4.26. The molecule has 9 nitrogen and oxygen atoms in total. The summed E-state index contributed by atoms with van der Waals surface area (Å²) in [4.78, 5) is 24.0. The second-order valence-electron chi connectivity index (χ2n) is 6.18. The van der Waals surface area contributed by atoms with E-state index in [1.165, 1.54) is 19.2 Å². The molecule has 3 rings (SSSR count). The quantitative estimate of drug-likeness (QED) is 0.706. The molecule has 0 fully saturated rings. The smallest absolute Gasteiger partial charge is 0.262 e. The van der Waals surface area contributed by atoms with Crippen molar-refractivity contribution in [1.29, 1.82) is 0 Å². The van der Waals surface area contributed by atoms with E-state index >= 15 is 0 Å². The Morgan fingerprint density at radius 3 is 2.76 bits per heavy atom. The van der Waals surface area contributed by atoms with Crippen LogP contribution >= 0.6 is 0 Å². The second kappa shape index (κ2) is 8.50. The van der Waals surface area contributed by atoms with Crippen LogP contribution in [0.5, 0.6) is 11.5 Å². The van der Waals surface area contributed by atoms with Crippen LogP contribution in [0.15, 0.2) is 47.4 Å². The fourth-order valence-electron chi connectivity index (χ4n) is 2.86. The summed E-state index contributed by atoms with van der Waals surface area (Å²) in [6.45, 7) is 1.11. The van der Waals surface area contributed by atoms with Crippen LogP contribution in [0.25, 0.3) is 0 Å². The summed E-state index contributed by atoms with van der Waals surface area (Å²) in [7, 11) is -2.55. The zero-order valence-electron chi connectivity index (χ0n) is 16.0. The first kappa shape index (κ1) is 20.6. The number of sulfonamides is 1. The van der Waals surface area contributed by atoms with Crippen molar-refractivity contribution in [2.45, 2.75) is 11.8 Å². The fraction of sp³-hybridized carbons (Fsp3) is 0.263. The number of carbonyl (C=O) groups excluding carboxylic acids is 2. The Labute approximate surface area is 168 Å². The van der Waals surface area contributed by atoms with E-state index in [1.54, 1.807) is 37.3 Å². The molecule has 1 aliphatic heterocycles. The number of benzene rings is 2. The first-order valence-corrected chi connectivity index (χ1v) is 10.3. The van der Waals surface area contributed by atoms with E-state index in [9.17, 15) is 18.0 Å². The lowest BCUT2D eigenvalue weighted by molar-refractivity contribution is -0.118. The summed E-state index contributed by atoms with van der Waals surface area (Å²) in [6, 6.07) is 11.2. The highest BCUT2D eigenvalue weighted by molar-refractivity contribution is 7.89. The number of fused-ring (bicyclic) bond motifs is 1. The summed E-state index contributed by atoms with van der Waals surface area (Å²) in [5.74, 6) is -0.121. The number of hydrogen-bond donors (Lipinski definition) is 2. The topological polar surface area (TPSA) is 114 Å². The van der Waals surface area contributed by atoms with E-state index < -0.39 is 28.4 Å². The number of para-hydroxylation sites is 1. The molecule has 29 heavy (non-hydrogen) atoms. The van der Waals surface area contributed by atoms with E-state index in [-0.39, 0.29) is 29.5 Å². The molecule has 2 aromatic carbocycles. The van der Waals surface area contributed by atoms with Crippen LogP contribution in [0, 0.1) is 0 Å². The molecule has 0 bridgehead atoms. The standard InChI is InChI=1S/C19H21N3O6S/c1-3-22(11-17(23)20-13-6-4-7-14(10-13)27-2)29(25,26)16-9-5-8-15-19(16)21-18(24)12-28-15/h4-10H,3,11-12H2,1-2H3,(H,20,23)(H,21,24). The average Bonchev–Trinajstić information content (AvgIpc) is 2.71. The van der Waals surface area contributed by atoms with Crippen molar-refractivity contribution in [2.24, 2.45) is 0 Å².